The van der Waals surface area contributed by atoms with E-state index in [1.165, 1.54) is 12.1 Å². The lowest BCUT2D eigenvalue weighted by Crippen LogP contribution is -2.32. The maximum atomic E-state index is 12.0. The van der Waals surface area contributed by atoms with Crippen LogP contribution in [0.3, 0.4) is 0 Å². The van der Waals surface area contributed by atoms with E-state index in [1.54, 1.807) is 12.1 Å². The molecule has 1 aliphatic carbocycles. The van der Waals surface area contributed by atoms with Gasteiger partial charge in [0.2, 0.25) is 10.0 Å². The summed E-state index contributed by atoms with van der Waals surface area (Å²) in [5.41, 5.74) is 0.690. The highest BCUT2D eigenvalue weighted by Gasteiger charge is 2.28. The lowest BCUT2D eigenvalue weighted by atomic mass is 10.2. The molecule has 0 atom stereocenters. The van der Waals surface area contributed by atoms with Crippen LogP contribution in [0.1, 0.15) is 31.2 Å². The largest absolute Gasteiger partial charge is 0.261 e. The minimum absolute atomic E-state index is 0.00145. The van der Waals surface area contributed by atoms with Crippen molar-refractivity contribution in [2.75, 3.05) is 0 Å². The first kappa shape index (κ1) is 15.8. The van der Waals surface area contributed by atoms with Gasteiger partial charge in [-0.15, -0.1) is 0 Å². The van der Waals surface area contributed by atoms with Gasteiger partial charge in [0.15, 0.2) is 0 Å². The normalized spacial score (nSPS) is 17.4. The van der Waals surface area contributed by atoms with Crippen LogP contribution in [0.5, 0.6) is 0 Å². The molecular weight excluding hydrogens is 322 g/mol. The van der Waals surface area contributed by atoms with Crippen molar-refractivity contribution in [2.45, 2.75) is 42.4 Å². The summed E-state index contributed by atoms with van der Waals surface area (Å²) in [6.07, 6.45) is 3.32. The van der Waals surface area contributed by atoms with E-state index in [4.69, 9.17) is 10.7 Å². The van der Waals surface area contributed by atoms with Gasteiger partial charge in [0, 0.05) is 17.2 Å². The van der Waals surface area contributed by atoms with E-state index in [0.717, 1.165) is 12.8 Å². The Kier molecular flexibility index (Phi) is 4.73. The Morgan fingerprint density at radius 2 is 1.60 bits per heavy atom. The van der Waals surface area contributed by atoms with Crippen LogP contribution in [0.4, 0.5) is 0 Å². The SMILES string of the molecule is O=S(=O)(Cl)c1ccc(CNS(=O)(=O)C2CCCC2)cc1. The standard InChI is InChI=1S/C12H16ClNO4S2/c13-19(15,16)11-7-5-10(6-8-11)9-14-20(17,18)12-3-1-2-4-12/h5-8,12,14H,1-4,9H2. The lowest BCUT2D eigenvalue weighted by Gasteiger charge is -2.12. The molecule has 0 unspecified atom stereocenters. The van der Waals surface area contributed by atoms with Crippen molar-refractivity contribution in [3.8, 4) is 0 Å². The molecule has 1 aromatic carbocycles. The van der Waals surface area contributed by atoms with E-state index in [-0.39, 0.29) is 16.7 Å². The molecule has 5 nitrogen and oxygen atoms in total. The average molecular weight is 338 g/mol. The van der Waals surface area contributed by atoms with Gasteiger partial charge in [-0.3, -0.25) is 0 Å². The number of hydrogen-bond donors (Lipinski definition) is 1. The first-order chi connectivity index (χ1) is 9.29. The molecule has 1 N–H and O–H groups in total. The monoisotopic (exact) mass is 337 g/mol. The number of sulfonamides is 1. The highest BCUT2D eigenvalue weighted by Crippen LogP contribution is 2.24. The van der Waals surface area contributed by atoms with Crippen molar-refractivity contribution in [1.29, 1.82) is 0 Å². The molecule has 1 aromatic rings. The van der Waals surface area contributed by atoms with Crippen LogP contribution in [0.25, 0.3) is 0 Å². The van der Waals surface area contributed by atoms with Crippen molar-refractivity contribution in [3.63, 3.8) is 0 Å². The smallest absolute Gasteiger partial charge is 0.212 e. The molecule has 112 valence electrons. The van der Waals surface area contributed by atoms with Crippen LogP contribution in [0.15, 0.2) is 29.2 Å². The van der Waals surface area contributed by atoms with E-state index in [0.29, 0.717) is 18.4 Å². The fourth-order valence-electron chi connectivity index (χ4n) is 2.27. The molecule has 0 radical (unpaired) electrons. The molecular formula is C12H16ClNO4S2. The zero-order valence-corrected chi connectivity index (χ0v) is 13.1. The zero-order valence-electron chi connectivity index (χ0n) is 10.7. The van der Waals surface area contributed by atoms with Gasteiger partial charge in [-0.25, -0.2) is 21.6 Å². The average Bonchev–Trinajstić information content (AvgIpc) is 2.90. The van der Waals surface area contributed by atoms with Crippen LogP contribution in [-0.4, -0.2) is 22.1 Å². The van der Waals surface area contributed by atoms with Crippen molar-refractivity contribution in [1.82, 2.24) is 4.72 Å². The van der Waals surface area contributed by atoms with Gasteiger partial charge in [0.05, 0.1) is 10.1 Å². The second kappa shape index (κ2) is 6.01. The van der Waals surface area contributed by atoms with Crippen LogP contribution in [-0.2, 0) is 25.6 Å². The summed E-state index contributed by atoms with van der Waals surface area (Å²) >= 11 is 0. The number of benzene rings is 1. The van der Waals surface area contributed by atoms with Gasteiger partial charge >= 0.3 is 0 Å². The molecule has 0 heterocycles. The van der Waals surface area contributed by atoms with Gasteiger partial charge in [0.1, 0.15) is 0 Å². The first-order valence-corrected chi connectivity index (χ1v) is 10.2. The minimum atomic E-state index is -3.74. The van der Waals surface area contributed by atoms with E-state index in [2.05, 4.69) is 4.72 Å². The number of rotatable bonds is 5. The van der Waals surface area contributed by atoms with Gasteiger partial charge in [-0.2, -0.15) is 0 Å². The van der Waals surface area contributed by atoms with Crippen LogP contribution >= 0.6 is 10.7 Å². The molecule has 0 amide bonds. The van der Waals surface area contributed by atoms with Crippen molar-refractivity contribution in [3.05, 3.63) is 29.8 Å². The van der Waals surface area contributed by atoms with Crippen LogP contribution < -0.4 is 4.72 Å². The quantitative estimate of drug-likeness (QED) is 0.833. The topological polar surface area (TPSA) is 80.3 Å². The molecule has 20 heavy (non-hydrogen) atoms. The molecule has 0 aromatic heterocycles. The molecule has 1 fully saturated rings. The third-order valence-electron chi connectivity index (χ3n) is 3.42. The first-order valence-electron chi connectivity index (χ1n) is 6.31. The summed E-state index contributed by atoms with van der Waals surface area (Å²) in [4.78, 5) is 0.00145. The predicted molar refractivity (Wildman–Crippen MR) is 77.5 cm³/mol. The van der Waals surface area contributed by atoms with Gasteiger partial charge in [0.25, 0.3) is 9.05 Å². The Balaban J connectivity index is 2.01. The Hall–Kier alpha value is -0.630. The molecule has 0 aliphatic heterocycles. The molecule has 0 spiro atoms. The summed E-state index contributed by atoms with van der Waals surface area (Å²) in [6, 6.07) is 5.82. The van der Waals surface area contributed by atoms with Gasteiger partial charge < -0.3 is 0 Å². The zero-order chi connectivity index (χ0) is 14.8. The maximum Gasteiger partial charge on any atom is 0.261 e. The Bertz CT molecular complexity index is 662. The highest BCUT2D eigenvalue weighted by molar-refractivity contribution is 8.13. The number of nitrogens with one attached hydrogen (secondary N) is 1. The summed E-state index contributed by atoms with van der Waals surface area (Å²) in [5, 5.41) is -0.301. The number of hydrogen-bond acceptors (Lipinski definition) is 4. The third-order valence-corrected chi connectivity index (χ3v) is 6.69. The Morgan fingerprint density at radius 3 is 2.10 bits per heavy atom. The van der Waals surface area contributed by atoms with Gasteiger partial charge in [-0.05, 0) is 30.5 Å². The fourth-order valence-corrected chi connectivity index (χ4v) is 4.60. The third kappa shape index (κ3) is 3.94. The van der Waals surface area contributed by atoms with E-state index >= 15 is 0 Å². The summed E-state index contributed by atoms with van der Waals surface area (Å²) in [6.45, 7) is 0.154. The summed E-state index contributed by atoms with van der Waals surface area (Å²) in [7, 11) is -1.83. The van der Waals surface area contributed by atoms with Crippen molar-refractivity contribution < 1.29 is 16.8 Å². The second-order valence-corrected chi connectivity index (χ2v) is 9.47. The van der Waals surface area contributed by atoms with E-state index in [9.17, 15) is 16.8 Å². The van der Waals surface area contributed by atoms with Crippen LogP contribution in [0.2, 0.25) is 0 Å². The van der Waals surface area contributed by atoms with Crippen molar-refractivity contribution in [2.24, 2.45) is 0 Å². The number of halogens is 1. The molecule has 1 saturated carbocycles. The lowest BCUT2D eigenvalue weighted by molar-refractivity contribution is 0.564. The van der Waals surface area contributed by atoms with Crippen LogP contribution in [0, 0.1) is 0 Å². The summed E-state index contributed by atoms with van der Waals surface area (Å²) in [5.74, 6) is 0. The Morgan fingerprint density at radius 1 is 1.05 bits per heavy atom. The molecule has 0 bridgehead atoms. The molecule has 8 heteroatoms. The summed E-state index contributed by atoms with van der Waals surface area (Å²) < 4.78 is 48.8. The second-order valence-electron chi connectivity index (χ2n) is 4.85. The minimum Gasteiger partial charge on any atom is -0.212 e. The highest BCUT2D eigenvalue weighted by atomic mass is 35.7. The van der Waals surface area contributed by atoms with Gasteiger partial charge in [-0.1, -0.05) is 25.0 Å². The molecule has 2 rings (SSSR count). The Labute approximate surface area is 123 Å². The maximum absolute atomic E-state index is 12.0. The van der Waals surface area contributed by atoms with E-state index < -0.39 is 19.1 Å². The molecule has 0 saturated heterocycles. The van der Waals surface area contributed by atoms with Crippen molar-refractivity contribution >= 4 is 29.8 Å². The molecule has 1 aliphatic rings. The fraction of sp³-hybridized carbons (Fsp3) is 0.500. The van der Waals surface area contributed by atoms with E-state index in [1.807, 2.05) is 0 Å². The predicted octanol–water partition coefficient (Wildman–Crippen LogP) is 1.98.